The number of carbonyl (C=O) groups is 1. The Morgan fingerprint density at radius 3 is 2.64 bits per heavy atom. The van der Waals surface area contributed by atoms with Crippen molar-refractivity contribution in [2.24, 2.45) is 0 Å². The van der Waals surface area contributed by atoms with Crippen molar-refractivity contribution < 1.29 is 14.1 Å². The van der Waals surface area contributed by atoms with E-state index in [1.807, 2.05) is 42.5 Å². The van der Waals surface area contributed by atoms with Gasteiger partial charge in [0, 0.05) is 23.1 Å². The second-order valence-corrected chi connectivity index (χ2v) is 5.83. The van der Waals surface area contributed by atoms with Gasteiger partial charge in [0.25, 0.3) is 0 Å². The van der Waals surface area contributed by atoms with Crippen molar-refractivity contribution in [1.29, 1.82) is 0 Å². The topological polar surface area (TPSA) is 64.4 Å². The summed E-state index contributed by atoms with van der Waals surface area (Å²) in [5.74, 6) is 0.972. The normalized spacial score (nSPS) is 10.4. The fourth-order valence-corrected chi connectivity index (χ4v) is 2.36. The number of benzene rings is 2. The van der Waals surface area contributed by atoms with E-state index in [0.29, 0.717) is 36.0 Å². The molecule has 0 bridgehead atoms. The van der Waals surface area contributed by atoms with Gasteiger partial charge in [-0.25, -0.2) is 0 Å². The van der Waals surface area contributed by atoms with E-state index in [1.54, 1.807) is 18.2 Å². The fraction of sp³-hybridized carbons (Fsp3) is 0.158. The summed E-state index contributed by atoms with van der Waals surface area (Å²) in [6.45, 7) is 0.476. The lowest BCUT2D eigenvalue weighted by atomic mass is 10.1. The number of para-hydroxylation sites is 1. The molecule has 0 saturated heterocycles. The molecular formula is C19H17ClN2O3. The van der Waals surface area contributed by atoms with Gasteiger partial charge in [-0.3, -0.25) is 10.1 Å². The Hall–Kier alpha value is -2.79. The summed E-state index contributed by atoms with van der Waals surface area (Å²) in [5, 5.41) is 7.29. The maximum Gasteiger partial charge on any atom is 0.231 e. The Morgan fingerprint density at radius 1 is 1.12 bits per heavy atom. The van der Waals surface area contributed by atoms with Crippen LogP contribution in [0.1, 0.15) is 12.8 Å². The minimum Gasteiger partial charge on any atom is -0.494 e. The highest BCUT2D eigenvalue weighted by Gasteiger charge is 2.09. The lowest BCUT2D eigenvalue weighted by Crippen LogP contribution is -2.12. The standard InChI is InChI=1S/C19H17ClN2O3/c20-15-10-8-14(9-11-15)17-13-19(25-22-17)21-18(23)7-4-12-24-16-5-2-1-3-6-16/h1-3,5-6,8-11,13H,4,7,12H2,(H,21,23). The molecule has 0 unspecified atom stereocenters. The van der Waals surface area contributed by atoms with Crippen LogP contribution >= 0.6 is 11.6 Å². The smallest absolute Gasteiger partial charge is 0.231 e. The monoisotopic (exact) mass is 356 g/mol. The van der Waals surface area contributed by atoms with E-state index in [2.05, 4.69) is 10.5 Å². The molecule has 3 rings (SSSR count). The quantitative estimate of drug-likeness (QED) is 0.618. The first-order valence-corrected chi connectivity index (χ1v) is 8.29. The first-order valence-electron chi connectivity index (χ1n) is 7.91. The molecule has 1 aromatic heterocycles. The number of nitrogens with zero attached hydrogens (tertiary/aromatic N) is 1. The van der Waals surface area contributed by atoms with E-state index in [4.69, 9.17) is 20.9 Å². The number of carbonyl (C=O) groups excluding carboxylic acids is 1. The lowest BCUT2D eigenvalue weighted by molar-refractivity contribution is -0.116. The zero-order chi connectivity index (χ0) is 17.5. The minimum atomic E-state index is -0.143. The Balaban J connectivity index is 1.44. The van der Waals surface area contributed by atoms with Gasteiger partial charge in [-0.15, -0.1) is 0 Å². The number of hydrogen-bond donors (Lipinski definition) is 1. The molecular weight excluding hydrogens is 340 g/mol. The first-order chi connectivity index (χ1) is 12.2. The van der Waals surface area contributed by atoms with Crippen LogP contribution in [0.15, 0.2) is 65.2 Å². The van der Waals surface area contributed by atoms with Crippen LogP contribution in [0.4, 0.5) is 5.88 Å². The van der Waals surface area contributed by atoms with Crippen LogP contribution in [-0.4, -0.2) is 17.7 Å². The van der Waals surface area contributed by atoms with E-state index in [0.717, 1.165) is 11.3 Å². The number of anilines is 1. The highest BCUT2D eigenvalue weighted by Crippen LogP contribution is 2.23. The van der Waals surface area contributed by atoms with Gasteiger partial charge in [-0.1, -0.05) is 47.1 Å². The Kier molecular flexibility index (Phi) is 5.69. The molecule has 0 aliphatic rings. The predicted molar refractivity (Wildman–Crippen MR) is 96.7 cm³/mol. The van der Waals surface area contributed by atoms with Crippen molar-refractivity contribution in [3.63, 3.8) is 0 Å². The highest BCUT2D eigenvalue weighted by atomic mass is 35.5. The summed E-state index contributed by atoms with van der Waals surface area (Å²) in [6.07, 6.45) is 0.947. The van der Waals surface area contributed by atoms with E-state index in [9.17, 15) is 4.79 Å². The third kappa shape index (κ3) is 5.09. The Labute approximate surface area is 150 Å². The van der Waals surface area contributed by atoms with Crippen molar-refractivity contribution >= 4 is 23.4 Å². The van der Waals surface area contributed by atoms with Crippen molar-refractivity contribution in [2.75, 3.05) is 11.9 Å². The van der Waals surface area contributed by atoms with Crippen LogP contribution in [0.3, 0.4) is 0 Å². The second kappa shape index (κ2) is 8.35. The largest absolute Gasteiger partial charge is 0.494 e. The molecule has 0 radical (unpaired) electrons. The van der Waals surface area contributed by atoms with Gasteiger partial charge in [0.05, 0.1) is 6.61 Å². The maximum atomic E-state index is 11.9. The molecule has 0 spiro atoms. The molecule has 0 aliphatic carbocycles. The number of halogens is 1. The molecule has 1 N–H and O–H groups in total. The predicted octanol–water partition coefficient (Wildman–Crippen LogP) is 4.79. The summed E-state index contributed by atoms with van der Waals surface area (Å²) in [5.41, 5.74) is 1.50. The van der Waals surface area contributed by atoms with Crippen molar-refractivity contribution in [3.8, 4) is 17.0 Å². The molecule has 5 nitrogen and oxygen atoms in total. The lowest BCUT2D eigenvalue weighted by Gasteiger charge is -2.05. The van der Waals surface area contributed by atoms with Crippen LogP contribution < -0.4 is 10.1 Å². The van der Waals surface area contributed by atoms with Crippen molar-refractivity contribution in [1.82, 2.24) is 5.16 Å². The maximum absolute atomic E-state index is 11.9. The fourth-order valence-electron chi connectivity index (χ4n) is 2.23. The van der Waals surface area contributed by atoms with Crippen LogP contribution in [0.5, 0.6) is 5.75 Å². The summed E-state index contributed by atoms with van der Waals surface area (Å²) < 4.78 is 10.7. The minimum absolute atomic E-state index is 0.143. The molecule has 0 saturated carbocycles. The van der Waals surface area contributed by atoms with E-state index < -0.39 is 0 Å². The average molecular weight is 357 g/mol. The molecule has 128 valence electrons. The van der Waals surface area contributed by atoms with Crippen LogP contribution in [0, 0.1) is 0 Å². The molecule has 25 heavy (non-hydrogen) atoms. The van der Waals surface area contributed by atoms with Crippen molar-refractivity contribution in [2.45, 2.75) is 12.8 Å². The summed E-state index contributed by atoms with van der Waals surface area (Å²) >= 11 is 5.86. The van der Waals surface area contributed by atoms with Crippen LogP contribution in [0.25, 0.3) is 11.3 Å². The molecule has 1 heterocycles. The van der Waals surface area contributed by atoms with Gasteiger partial charge in [0.1, 0.15) is 11.4 Å². The molecule has 3 aromatic rings. The molecule has 2 aromatic carbocycles. The Bertz CT molecular complexity index is 816. The van der Waals surface area contributed by atoms with Gasteiger partial charge < -0.3 is 9.26 Å². The number of aromatic nitrogens is 1. The van der Waals surface area contributed by atoms with Gasteiger partial charge in [-0.2, -0.15) is 0 Å². The van der Waals surface area contributed by atoms with E-state index >= 15 is 0 Å². The molecule has 0 aliphatic heterocycles. The summed E-state index contributed by atoms with van der Waals surface area (Å²) in [7, 11) is 0. The SMILES string of the molecule is O=C(CCCOc1ccccc1)Nc1cc(-c2ccc(Cl)cc2)no1. The number of rotatable bonds is 7. The molecule has 1 amide bonds. The second-order valence-electron chi connectivity index (χ2n) is 5.40. The highest BCUT2D eigenvalue weighted by molar-refractivity contribution is 6.30. The zero-order valence-electron chi connectivity index (χ0n) is 13.4. The first kappa shape index (κ1) is 17.0. The Morgan fingerprint density at radius 2 is 1.88 bits per heavy atom. The summed E-state index contributed by atoms with van der Waals surface area (Å²) in [6, 6.07) is 18.4. The molecule has 0 fully saturated rings. The summed E-state index contributed by atoms with van der Waals surface area (Å²) in [4.78, 5) is 11.9. The van der Waals surface area contributed by atoms with Gasteiger partial charge in [-0.05, 0) is 30.7 Å². The van der Waals surface area contributed by atoms with E-state index in [1.165, 1.54) is 0 Å². The third-order valence-corrected chi connectivity index (χ3v) is 3.72. The average Bonchev–Trinajstić information content (AvgIpc) is 3.09. The number of nitrogens with one attached hydrogen (secondary N) is 1. The third-order valence-electron chi connectivity index (χ3n) is 3.47. The molecule has 6 heteroatoms. The van der Waals surface area contributed by atoms with Crippen molar-refractivity contribution in [3.05, 3.63) is 65.7 Å². The van der Waals surface area contributed by atoms with Crippen LogP contribution in [0.2, 0.25) is 5.02 Å². The number of ether oxygens (including phenoxy) is 1. The zero-order valence-corrected chi connectivity index (χ0v) is 14.2. The van der Waals surface area contributed by atoms with Crippen LogP contribution in [-0.2, 0) is 4.79 Å². The number of amides is 1. The molecule has 0 atom stereocenters. The van der Waals surface area contributed by atoms with Gasteiger partial charge in [0.15, 0.2) is 0 Å². The number of hydrogen-bond acceptors (Lipinski definition) is 4. The van der Waals surface area contributed by atoms with E-state index in [-0.39, 0.29) is 5.91 Å². The van der Waals surface area contributed by atoms with Gasteiger partial charge >= 0.3 is 0 Å². The van der Waals surface area contributed by atoms with Gasteiger partial charge in [0.2, 0.25) is 11.8 Å².